The predicted molar refractivity (Wildman–Crippen MR) is 57.0 cm³/mol. The summed E-state index contributed by atoms with van der Waals surface area (Å²) in [6, 6.07) is 0. The lowest BCUT2D eigenvalue weighted by Crippen LogP contribution is -2.44. The van der Waals surface area contributed by atoms with Gasteiger partial charge >= 0.3 is 8.56 Å². The van der Waals surface area contributed by atoms with Crippen molar-refractivity contribution in [2.45, 2.75) is 44.7 Å². The Morgan fingerprint density at radius 2 is 1.85 bits per heavy atom. The molecular formula is C10H22O2Si. The molecule has 78 valence electrons. The minimum absolute atomic E-state index is 0.559. The van der Waals surface area contributed by atoms with Gasteiger partial charge in [-0.15, -0.1) is 0 Å². The van der Waals surface area contributed by atoms with Crippen molar-refractivity contribution in [3.05, 3.63) is 0 Å². The Morgan fingerprint density at radius 3 is 2.08 bits per heavy atom. The predicted octanol–water partition coefficient (Wildman–Crippen LogP) is 2.93. The van der Waals surface area contributed by atoms with E-state index in [1.165, 1.54) is 12.8 Å². The molecule has 0 saturated heterocycles. The second-order valence-corrected chi connectivity index (χ2v) is 8.45. The second kappa shape index (κ2) is 4.11. The van der Waals surface area contributed by atoms with Crippen LogP contribution in [0, 0.1) is 5.92 Å². The summed E-state index contributed by atoms with van der Waals surface area (Å²) in [5, 5.41) is 0. The molecular weight excluding hydrogens is 180 g/mol. The molecule has 0 aromatic heterocycles. The zero-order chi connectivity index (χ0) is 10.1. The quantitative estimate of drug-likeness (QED) is 0.638. The molecule has 0 N–H and O–H groups in total. The van der Waals surface area contributed by atoms with E-state index in [1.807, 2.05) is 14.2 Å². The van der Waals surface area contributed by atoms with E-state index in [-0.39, 0.29) is 0 Å². The molecule has 1 saturated carbocycles. The Morgan fingerprint density at radius 1 is 1.31 bits per heavy atom. The lowest BCUT2D eigenvalue weighted by atomic mass is 10.3. The molecule has 0 spiro atoms. The van der Waals surface area contributed by atoms with Gasteiger partial charge in [-0.1, -0.05) is 27.2 Å². The Bertz CT molecular complexity index is 166. The first kappa shape index (κ1) is 11.2. The molecule has 1 aliphatic carbocycles. The highest BCUT2D eigenvalue weighted by atomic mass is 28.4. The summed E-state index contributed by atoms with van der Waals surface area (Å²) in [5.74, 6) is 0.869. The Kier molecular flexibility index (Phi) is 3.55. The van der Waals surface area contributed by atoms with Crippen molar-refractivity contribution in [2.24, 2.45) is 5.92 Å². The monoisotopic (exact) mass is 202 g/mol. The van der Waals surface area contributed by atoms with Crippen molar-refractivity contribution in [1.29, 1.82) is 0 Å². The Hall–Kier alpha value is 0.137. The van der Waals surface area contributed by atoms with Gasteiger partial charge in [0, 0.05) is 19.8 Å². The van der Waals surface area contributed by atoms with Gasteiger partial charge in [0.15, 0.2) is 0 Å². The van der Waals surface area contributed by atoms with E-state index in [0.717, 1.165) is 11.5 Å². The molecule has 0 aliphatic heterocycles. The maximum atomic E-state index is 5.72. The molecule has 2 nitrogen and oxygen atoms in total. The number of hydrogen-bond acceptors (Lipinski definition) is 2. The molecule has 0 amide bonds. The molecule has 1 fully saturated rings. The van der Waals surface area contributed by atoms with Crippen LogP contribution in [0.1, 0.15) is 33.6 Å². The van der Waals surface area contributed by atoms with Crippen LogP contribution in [0.4, 0.5) is 0 Å². The Balaban J connectivity index is 2.67. The fraction of sp³-hybridized carbons (Fsp3) is 1.00. The second-order valence-electron chi connectivity index (χ2n) is 4.29. The number of rotatable bonds is 5. The molecule has 1 aliphatic rings. The third-order valence-electron chi connectivity index (χ3n) is 3.41. The Labute approximate surface area is 82.9 Å². The van der Waals surface area contributed by atoms with Gasteiger partial charge in [0.25, 0.3) is 0 Å². The van der Waals surface area contributed by atoms with Gasteiger partial charge in [-0.2, -0.15) is 0 Å². The molecule has 0 bridgehead atoms. The first-order valence-electron chi connectivity index (χ1n) is 5.22. The maximum Gasteiger partial charge on any atom is 0.343 e. The van der Waals surface area contributed by atoms with Crippen LogP contribution in [0.25, 0.3) is 0 Å². The van der Waals surface area contributed by atoms with E-state index >= 15 is 0 Å². The molecule has 0 radical (unpaired) electrons. The lowest BCUT2D eigenvalue weighted by molar-refractivity contribution is 0.228. The summed E-state index contributed by atoms with van der Waals surface area (Å²) in [7, 11) is 1.77. The minimum atomic E-state index is -1.87. The van der Waals surface area contributed by atoms with Crippen molar-refractivity contribution < 1.29 is 8.85 Å². The fourth-order valence-electron chi connectivity index (χ4n) is 2.48. The van der Waals surface area contributed by atoms with Gasteiger partial charge in [0.1, 0.15) is 0 Å². The summed E-state index contributed by atoms with van der Waals surface area (Å²) >= 11 is 0. The van der Waals surface area contributed by atoms with Crippen molar-refractivity contribution >= 4 is 8.56 Å². The van der Waals surface area contributed by atoms with Crippen LogP contribution in [0.15, 0.2) is 0 Å². The van der Waals surface area contributed by atoms with Crippen LogP contribution in [0.5, 0.6) is 0 Å². The largest absolute Gasteiger partial charge is 0.397 e. The summed E-state index contributed by atoms with van der Waals surface area (Å²) < 4.78 is 11.4. The third kappa shape index (κ3) is 1.83. The normalized spacial score (nSPS) is 28.2. The highest BCUT2D eigenvalue weighted by molar-refractivity contribution is 6.71. The maximum absolute atomic E-state index is 5.72. The molecule has 0 aromatic rings. The van der Waals surface area contributed by atoms with Gasteiger partial charge in [0.05, 0.1) is 0 Å². The standard InChI is InChI=1S/C10H22O2Si/c1-6-9-7-10(9)13(11-4,12-5)8(2)3/h8-10H,6-7H2,1-5H3. The van der Waals surface area contributed by atoms with Crippen LogP contribution in [-0.4, -0.2) is 22.8 Å². The summed E-state index contributed by atoms with van der Waals surface area (Å²) in [5.41, 5.74) is 1.30. The van der Waals surface area contributed by atoms with E-state index in [0.29, 0.717) is 5.54 Å². The third-order valence-corrected chi connectivity index (χ3v) is 8.03. The average molecular weight is 202 g/mol. The van der Waals surface area contributed by atoms with Crippen LogP contribution in [0.3, 0.4) is 0 Å². The molecule has 0 heterocycles. The zero-order valence-corrected chi connectivity index (χ0v) is 10.5. The molecule has 2 unspecified atom stereocenters. The van der Waals surface area contributed by atoms with E-state index in [4.69, 9.17) is 8.85 Å². The van der Waals surface area contributed by atoms with E-state index in [2.05, 4.69) is 20.8 Å². The molecule has 0 aromatic carbocycles. The lowest BCUT2D eigenvalue weighted by Gasteiger charge is -2.31. The molecule has 13 heavy (non-hydrogen) atoms. The number of hydrogen-bond donors (Lipinski definition) is 0. The highest BCUT2D eigenvalue weighted by Gasteiger charge is 2.58. The van der Waals surface area contributed by atoms with Crippen LogP contribution in [0.2, 0.25) is 11.1 Å². The van der Waals surface area contributed by atoms with Crippen LogP contribution in [-0.2, 0) is 8.85 Å². The molecule has 1 rings (SSSR count). The van der Waals surface area contributed by atoms with Gasteiger partial charge in [-0.3, -0.25) is 0 Å². The minimum Gasteiger partial charge on any atom is -0.397 e. The smallest absolute Gasteiger partial charge is 0.343 e. The van der Waals surface area contributed by atoms with Crippen LogP contribution < -0.4 is 0 Å². The van der Waals surface area contributed by atoms with E-state index in [1.54, 1.807) is 0 Å². The highest BCUT2D eigenvalue weighted by Crippen LogP contribution is 2.56. The van der Waals surface area contributed by atoms with Gasteiger partial charge in [0.2, 0.25) is 0 Å². The summed E-state index contributed by atoms with van der Waals surface area (Å²) in [6.45, 7) is 6.71. The van der Waals surface area contributed by atoms with Crippen LogP contribution >= 0.6 is 0 Å². The first-order valence-corrected chi connectivity index (χ1v) is 7.19. The first-order chi connectivity index (χ1) is 6.12. The van der Waals surface area contributed by atoms with Crippen molar-refractivity contribution in [1.82, 2.24) is 0 Å². The SMILES string of the molecule is CCC1CC1[Si](OC)(OC)C(C)C. The zero-order valence-electron chi connectivity index (χ0n) is 9.46. The van der Waals surface area contributed by atoms with Gasteiger partial charge < -0.3 is 8.85 Å². The average Bonchev–Trinajstić information content (AvgIpc) is 2.87. The van der Waals surface area contributed by atoms with E-state index in [9.17, 15) is 0 Å². The molecule has 3 heteroatoms. The topological polar surface area (TPSA) is 18.5 Å². The summed E-state index contributed by atoms with van der Waals surface area (Å²) in [6.07, 6.45) is 2.60. The fourth-order valence-corrected chi connectivity index (χ4v) is 6.57. The van der Waals surface area contributed by atoms with E-state index < -0.39 is 8.56 Å². The van der Waals surface area contributed by atoms with Gasteiger partial charge in [-0.25, -0.2) is 0 Å². The summed E-state index contributed by atoms with van der Waals surface area (Å²) in [4.78, 5) is 0. The van der Waals surface area contributed by atoms with Crippen molar-refractivity contribution in [2.75, 3.05) is 14.2 Å². The van der Waals surface area contributed by atoms with Gasteiger partial charge in [-0.05, 0) is 17.9 Å². The van der Waals surface area contributed by atoms with Crippen molar-refractivity contribution in [3.8, 4) is 0 Å². The van der Waals surface area contributed by atoms with Crippen molar-refractivity contribution in [3.63, 3.8) is 0 Å². The molecule has 2 atom stereocenters.